The molecule has 1 aliphatic carbocycles. The molecule has 8 heteroatoms. The molecule has 474 valence electrons. The summed E-state index contributed by atoms with van der Waals surface area (Å²) in [6.07, 6.45) is 31.8. The quantitative estimate of drug-likeness (QED) is 0.0506. The average Bonchev–Trinajstić information content (AvgIpc) is 1.62. The van der Waals surface area contributed by atoms with Crippen molar-refractivity contribution < 1.29 is 29.0 Å². The Labute approximate surface area is 551 Å². The molecule has 0 bridgehead atoms. The summed E-state index contributed by atoms with van der Waals surface area (Å²) >= 11 is 0. The normalized spacial score (nSPS) is 18.9. The number of fused-ring (bicyclic) bond motifs is 12. The van der Waals surface area contributed by atoms with Gasteiger partial charge in [0.05, 0.1) is 10.8 Å². The van der Waals surface area contributed by atoms with Gasteiger partial charge in [-0.15, -0.1) is 0 Å². The number of aliphatic carboxylic acids is 2. The molecule has 0 amide bonds. The third-order valence-corrected chi connectivity index (χ3v) is 20.8. The fraction of sp³-hybridized carbons (Fsp3) is 0.318. The molecule has 0 saturated carbocycles. The Morgan fingerprint density at radius 2 is 0.849 bits per heavy atom. The van der Waals surface area contributed by atoms with Crippen LogP contribution in [0.4, 0.5) is 22.7 Å². The van der Waals surface area contributed by atoms with E-state index in [4.69, 9.17) is 10.2 Å². The zero-order chi connectivity index (χ0) is 65.4. The first kappa shape index (κ1) is 64.0. The van der Waals surface area contributed by atoms with Crippen molar-refractivity contribution >= 4 is 89.2 Å². The van der Waals surface area contributed by atoms with Gasteiger partial charge in [-0.1, -0.05) is 186 Å². The smallest absolute Gasteiger partial charge is 0.303 e. The van der Waals surface area contributed by atoms with Crippen molar-refractivity contribution in [1.82, 2.24) is 0 Å². The Hall–Kier alpha value is -9.14. The van der Waals surface area contributed by atoms with Crippen molar-refractivity contribution in [3.8, 4) is 0 Å². The summed E-state index contributed by atoms with van der Waals surface area (Å²) in [5.41, 5.74) is 18.1. The SMILES string of the molecule is C[N+]1=C(C=CC2=CC(=CC=C3N(CCCCCC(=O)O)c4ccc5ccccc5c4C3(C)C)CCC2)C(C)(C)c2c1ccc1ccccc21.C[N+]1=C(C=CC=CC=C2N(CCCCCC(=O)O)c3ccc4ccccc4c3C2(C)C)C(C)(C)c2c1ccc1ccccc21. The van der Waals surface area contributed by atoms with E-state index in [1.165, 1.54) is 122 Å². The number of carbonyl (C=O) groups is 2. The van der Waals surface area contributed by atoms with Gasteiger partial charge in [-0.3, -0.25) is 9.59 Å². The van der Waals surface area contributed by atoms with E-state index in [2.05, 4.69) is 295 Å². The van der Waals surface area contributed by atoms with Crippen LogP contribution in [0.1, 0.15) is 148 Å². The van der Waals surface area contributed by atoms with Gasteiger partial charge in [0.15, 0.2) is 11.4 Å². The van der Waals surface area contributed by atoms with E-state index in [-0.39, 0.29) is 34.5 Å². The molecule has 0 fully saturated rings. The molecule has 4 aliphatic heterocycles. The van der Waals surface area contributed by atoms with Crippen LogP contribution in [0.5, 0.6) is 0 Å². The third kappa shape index (κ3) is 12.2. The summed E-state index contributed by atoms with van der Waals surface area (Å²) in [7, 11) is 4.38. The molecule has 0 aromatic heterocycles. The minimum Gasteiger partial charge on any atom is -0.481 e. The van der Waals surface area contributed by atoms with Gasteiger partial charge in [-0.05, 0) is 174 Å². The van der Waals surface area contributed by atoms with Gasteiger partial charge in [-0.2, -0.15) is 9.15 Å². The topological polar surface area (TPSA) is 87.1 Å². The van der Waals surface area contributed by atoms with Crippen molar-refractivity contribution in [3.63, 3.8) is 0 Å². The van der Waals surface area contributed by atoms with E-state index in [0.29, 0.717) is 6.42 Å². The maximum atomic E-state index is 11.1. The lowest BCUT2D eigenvalue weighted by molar-refractivity contribution is -0.401. The Kier molecular flexibility index (Phi) is 18.0. The number of hydrogen-bond donors (Lipinski definition) is 2. The lowest BCUT2D eigenvalue weighted by Gasteiger charge is -2.27. The Morgan fingerprint density at radius 3 is 1.31 bits per heavy atom. The monoisotopic (exact) mass is 1230 g/mol. The van der Waals surface area contributed by atoms with Crippen LogP contribution in [-0.2, 0) is 31.2 Å². The highest BCUT2D eigenvalue weighted by Crippen LogP contribution is 2.53. The molecular formula is C85H92N4O4+2. The van der Waals surface area contributed by atoms with Crippen LogP contribution < -0.4 is 9.80 Å². The van der Waals surface area contributed by atoms with Crippen LogP contribution in [0.2, 0.25) is 0 Å². The second kappa shape index (κ2) is 26.1. The number of carboxylic acid groups (broad SMARTS) is 2. The fourth-order valence-electron chi connectivity index (χ4n) is 16.3. The molecule has 13 rings (SSSR count). The summed E-state index contributed by atoms with van der Waals surface area (Å²) in [6.45, 7) is 20.5. The van der Waals surface area contributed by atoms with Crippen molar-refractivity contribution in [2.75, 3.05) is 37.0 Å². The first-order chi connectivity index (χ1) is 44.7. The number of benzene rings is 8. The summed E-state index contributed by atoms with van der Waals surface area (Å²) in [5, 5.41) is 28.6. The average molecular weight is 1230 g/mol. The van der Waals surface area contributed by atoms with Crippen molar-refractivity contribution in [3.05, 3.63) is 251 Å². The Morgan fingerprint density at radius 1 is 0.430 bits per heavy atom. The lowest BCUT2D eigenvalue weighted by Crippen LogP contribution is -2.27. The molecule has 4 heterocycles. The van der Waals surface area contributed by atoms with Gasteiger partial charge in [0.2, 0.25) is 11.4 Å². The van der Waals surface area contributed by atoms with Gasteiger partial charge >= 0.3 is 11.9 Å². The summed E-state index contributed by atoms with van der Waals surface area (Å²) < 4.78 is 4.71. The second-order valence-corrected chi connectivity index (χ2v) is 28.3. The predicted molar refractivity (Wildman–Crippen MR) is 390 cm³/mol. The number of unbranched alkanes of at least 4 members (excludes halogenated alkanes) is 4. The van der Waals surface area contributed by atoms with Gasteiger partial charge in [0.1, 0.15) is 14.1 Å². The van der Waals surface area contributed by atoms with Gasteiger partial charge < -0.3 is 20.0 Å². The zero-order valence-electron chi connectivity index (χ0n) is 56.3. The first-order valence-corrected chi connectivity index (χ1v) is 33.8. The van der Waals surface area contributed by atoms with E-state index >= 15 is 0 Å². The van der Waals surface area contributed by atoms with Crippen LogP contribution in [-0.4, -0.2) is 69.9 Å². The number of hydrogen-bond acceptors (Lipinski definition) is 4. The number of nitrogens with zero attached hydrogens (tertiary/aromatic N) is 4. The minimum absolute atomic E-state index is 0.0932. The van der Waals surface area contributed by atoms with Crippen molar-refractivity contribution in [2.45, 2.75) is 148 Å². The Balaban J connectivity index is 0.000000180. The number of rotatable bonds is 18. The van der Waals surface area contributed by atoms with E-state index in [9.17, 15) is 9.59 Å². The van der Waals surface area contributed by atoms with Crippen molar-refractivity contribution in [1.29, 1.82) is 0 Å². The highest BCUT2D eigenvalue weighted by atomic mass is 16.4. The highest BCUT2D eigenvalue weighted by Gasteiger charge is 2.46. The number of allylic oxidation sites excluding steroid dienone is 14. The maximum Gasteiger partial charge on any atom is 0.303 e. The minimum atomic E-state index is -0.717. The standard InChI is InChI=1S/C45H48N2O2.C40H42N2O2/c1-44(2)39(46(5)37-25-23-33-16-8-10-18-35(33)42(37)44)27-21-31-14-13-15-32(30-31)22-28-40-45(3,4)43-36-19-11-9-17-34(36)24-26-38(43)47(40)29-12-6-7-20-41(48)49;1-39(2)34(41(5)32-25-23-28-16-11-13-18-30(28)37(32)39)20-8-6-9-21-35-40(3,4)38-31-19-14-12-17-29(31)24-26-33(38)42(35)27-15-7-10-22-36(43)44/h8-11,16-19,21-28,30H,6-7,12-15,20,29H2,1-5H3;6,8-9,11-14,16-21,23-26H,7,10,15,22,27H2,1-5H3/p+2. The van der Waals surface area contributed by atoms with Gasteiger partial charge in [-0.25, -0.2) is 0 Å². The molecule has 0 saturated heterocycles. The molecule has 2 N–H and O–H groups in total. The molecule has 5 aliphatic rings. The zero-order valence-corrected chi connectivity index (χ0v) is 56.3. The summed E-state index contributed by atoms with van der Waals surface area (Å²) in [4.78, 5) is 27.1. The van der Waals surface area contributed by atoms with Crippen LogP contribution >= 0.6 is 0 Å². The number of anilines is 2. The van der Waals surface area contributed by atoms with E-state index in [0.717, 1.165) is 64.5 Å². The maximum absolute atomic E-state index is 11.1. The van der Waals surface area contributed by atoms with E-state index in [1.807, 2.05) is 0 Å². The molecule has 93 heavy (non-hydrogen) atoms. The Bertz CT molecular complexity index is 4590. The molecule has 8 aromatic carbocycles. The highest BCUT2D eigenvalue weighted by molar-refractivity contribution is 6.09. The lowest BCUT2D eigenvalue weighted by atomic mass is 9.79. The summed E-state index contributed by atoms with van der Waals surface area (Å²) in [6, 6.07) is 52.8. The van der Waals surface area contributed by atoms with Gasteiger partial charge in [0.25, 0.3) is 0 Å². The molecule has 8 nitrogen and oxygen atoms in total. The molecule has 0 radical (unpaired) electrons. The van der Waals surface area contributed by atoms with Crippen LogP contribution in [0, 0.1) is 0 Å². The van der Waals surface area contributed by atoms with E-state index in [1.54, 1.807) is 0 Å². The predicted octanol–water partition coefficient (Wildman–Crippen LogP) is 20.4. The number of carboxylic acids is 2. The van der Waals surface area contributed by atoms with Gasteiger partial charge in [0, 0.05) is 94.9 Å². The molecule has 0 spiro atoms. The van der Waals surface area contributed by atoms with E-state index < -0.39 is 11.9 Å². The third-order valence-electron chi connectivity index (χ3n) is 20.8. The van der Waals surface area contributed by atoms with Crippen LogP contribution in [0.15, 0.2) is 229 Å². The van der Waals surface area contributed by atoms with Crippen LogP contribution in [0.25, 0.3) is 43.1 Å². The largest absolute Gasteiger partial charge is 0.481 e. The molecule has 0 atom stereocenters. The summed E-state index contributed by atoms with van der Waals surface area (Å²) in [5.74, 6) is -1.43. The van der Waals surface area contributed by atoms with Crippen LogP contribution in [0.3, 0.4) is 0 Å². The molecule has 8 aromatic rings. The molecule has 0 unspecified atom stereocenters. The van der Waals surface area contributed by atoms with Crippen molar-refractivity contribution in [2.24, 2.45) is 0 Å². The fourth-order valence-corrected chi connectivity index (χ4v) is 16.3. The first-order valence-electron chi connectivity index (χ1n) is 33.8. The molecular weight excluding hydrogens is 1140 g/mol. The second-order valence-electron chi connectivity index (χ2n) is 28.3.